The third-order valence-electron chi connectivity index (χ3n) is 3.96. The molecule has 1 aromatic rings. The third-order valence-corrected chi connectivity index (χ3v) is 3.96. The average Bonchev–Trinajstić information content (AvgIpc) is 2.38. The van der Waals surface area contributed by atoms with Gasteiger partial charge in [0.2, 0.25) is 0 Å². The van der Waals surface area contributed by atoms with Crippen LogP contribution in [-0.2, 0) is 0 Å². The van der Waals surface area contributed by atoms with Crippen molar-refractivity contribution in [1.29, 1.82) is 0 Å². The molecule has 0 amide bonds. The van der Waals surface area contributed by atoms with Crippen LogP contribution in [0.4, 0.5) is 4.39 Å². The Kier molecular flexibility index (Phi) is 4.23. The molecule has 3 unspecified atom stereocenters. The predicted octanol–water partition coefficient (Wildman–Crippen LogP) is 3.69. The fourth-order valence-electron chi connectivity index (χ4n) is 2.94. The highest BCUT2D eigenvalue weighted by Crippen LogP contribution is 2.38. The van der Waals surface area contributed by atoms with Crippen molar-refractivity contribution >= 4 is 0 Å². The molecular weight excluding hydrogens is 231 g/mol. The molecule has 3 atom stereocenters. The Bertz CT molecular complexity index is 405. The maximum Gasteiger partial charge on any atom is 0.170 e. The van der Waals surface area contributed by atoms with E-state index in [0.717, 1.165) is 19.3 Å². The van der Waals surface area contributed by atoms with Gasteiger partial charge in [-0.1, -0.05) is 31.9 Å². The fourth-order valence-corrected chi connectivity index (χ4v) is 2.94. The lowest BCUT2D eigenvalue weighted by Crippen LogP contribution is -2.21. The summed E-state index contributed by atoms with van der Waals surface area (Å²) in [6, 6.07) is 4.96. The molecular formula is C15H21FO2. The Morgan fingerprint density at radius 3 is 2.83 bits per heavy atom. The summed E-state index contributed by atoms with van der Waals surface area (Å²) in [4.78, 5) is 0. The zero-order valence-corrected chi connectivity index (χ0v) is 11.0. The van der Waals surface area contributed by atoms with Crippen molar-refractivity contribution in [2.45, 2.75) is 38.7 Å². The van der Waals surface area contributed by atoms with Gasteiger partial charge in [0.15, 0.2) is 11.6 Å². The minimum absolute atomic E-state index is 0.162. The molecule has 3 heteroatoms. The first-order valence-electron chi connectivity index (χ1n) is 6.64. The predicted molar refractivity (Wildman–Crippen MR) is 69.0 cm³/mol. The van der Waals surface area contributed by atoms with E-state index < -0.39 is 11.9 Å². The summed E-state index contributed by atoms with van der Waals surface area (Å²) in [6.07, 6.45) is 3.56. The summed E-state index contributed by atoms with van der Waals surface area (Å²) >= 11 is 0. The van der Waals surface area contributed by atoms with Gasteiger partial charge in [0.1, 0.15) is 0 Å². The molecule has 18 heavy (non-hydrogen) atoms. The lowest BCUT2D eigenvalue weighted by atomic mass is 9.78. The van der Waals surface area contributed by atoms with Gasteiger partial charge in [-0.25, -0.2) is 4.39 Å². The highest BCUT2D eigenvalue weighted by molar-refractivity contribution is 5.32. The summed E-state index contributed by atoms with van der Waals surface area (Å²) in [5.41, 5.74) is 0.369. The minimum Gasteiger partial charge on any atom is -0.494 e. The van der Waals surface area contributed by atoms with E-state index in [2.05, 4.69) is 6.92 Å². The van der Waals surface area contributed by atoms with E-state index in [1.807, 2.05) is 0 Å². The second-order valence-corrected chi connectivity index (χ2v) is 5.34. The monoisotopic (exact) mass is 252 g/mol. The maximum absolute atomic E-state index is 14.1. The topological polar surface area (TPSA) is 29.5 Å². The average molecular weight is 252 g/mol. The Labute approximate surface area is 108 Å². The van der Waals surface area contributed by atoms with Gasteiger partial charge in [0, 0.05) is 5.56 Å². The van der Waals surface area contributed by atoms with Crippen LogP contribution in [0.1, 0.15) is 44.3 Å². The molecule has 0 spiro atoms. The fraction of sp³-hybridized carbons (Fsp3) is 0.600. The van der Waals surface area contributed by atoms with E-state index in [1.54, 1.807) is 18.2 Å². The molecule has 1 aromatic carbocycles. The first kappa shape index (κ1) is 13.3. The number of hydrogen-bond donors (Lipinski definition) is 1. The van der Waals surface area contributed by atoms with Gasteiger partial charge in [-0.05, 0) is 30.7 Å². The van der Waals surface area contributed by atoms with Crippen LogP contribution in [0.2, 0.25) is 0 Å². The number of ether oxygens (including phenoxy) is 1. The van der Waals surface area contributed by atoms with E-state index in [-0.39, 0.29) is 11.7 Å². The normalized spacial score (nSPS) is 25.8. The van der Waals surface area contributed by atoms with Crippen molar-refractivity contribution < 1.29 is 14.2 Å². The van der Waals surface area contributed by atoms with Crippen LogP contribution in [0.3, 0.4) is 0 Å². The highest BCUT2D eigenvalue weighted by Gasteiger charge is 2.28. The standard InChI is InChI=1S/C15H21FO2/c1-10-5-3-6-11(9-10)15(17)12-7-4-8-13(18-2)14(12)16/h4,7-8,10-11,15,17H,3,5-6,9H2,1-2H3. The second-order valence-electron chi connectivity index (χ2n) is 5.34. The second kappa shape index (κ2) is 5.70. The van der Waals surface area contributed by atoms with Gasteiger partial charge >= 0.3 is 0 Å². The van der Waals surface area contributed by atoms with E-state index in [9.17, 15) is 9.50 Å². The molecule has 2 rings (SSSR count). The summed E-state index contributed by atoms with van der Waals surface area (Å²) in [5, 5.41) is 10.4. The van der Waals surface area contributed by atoms with Crippen LogP contribution in [0, 0.1) is 17.7 Å². The smallest absolute Gasteiger partial charge is 0.170 e. The number of methoxy groups -OCH3 is 1. The van der Waals surface area contributed by atoms with Gasteiger partial charge in [0.05, 0.1) is 13.2 Å². The van der Waals surface area contributed by atoms with Gasteiger partial charge in [-0.3, -0.25) is 0 Å². The number of benzene rings is 1. The maximum atomic E-state index is 14.1. The van der Waals surface area contributed by atoms with Gasteiger partial charge in [-0.15, -0.1) is 0 Å². The molecule has 0 bridgehead atoms. The zero-order valence-electron chi connectivity index (χ0n) is 11.0. The third kappa shape index (κ3) is 2.66. The Morgan fingerprint density at radius 1 is 1.39 bits per heavy atom. The van der Waals surface area contributed by atoms with Crippen molar-refractivity contribution in [3.63, 3.8) is 0 Å². The van der Waals surface area contributed by atoms with Gasteiger partial charge in [-0.2, -0.15) is 0 Å². The number of aliphatic hydroxyl groups is 1. The number of hydrogen-bond acceptors (Lipinski definition) is 2. The summed E-state index contributed by atoms with van der Waals surface area (Å²) in [7, 11) is 1.44. The van der Waals surface area contributed by atoms with Crippen molar-refractivity contribution in [2.75, 3.05) is 7.11 Å². The zero-order chi connectivity index (χ0) is 13.1. The van der Waals surface area contributed by atoms with Gasteiger partial charge in [0.25, 0.3) is 0 Å². The summed E-state index contributed by atoms with van der Waals surface area (Å²) < 4.78 is 19.0. The highest BCUT2D eigenvalue weighted by atomic mass is 19.1. The van der Waals surface area contributed by atoms with E-state index in [1.165, 1.54) is 13.5 Å². The largest absolute Gasteiger partial charge is 0.494 e. The first-order valence-corrected chi connectivity index (χ1v) is 6.64. The Balaban J connectivity index is 2.20. The molecule has 1 aliphatic carbocycles. The molecule has 0 aromatic heterocycles. The molecule has 1 saturated carbocycles. The van der Waals surface area contributed by atoms with Crippen molar-refractivity contribution in [3.8, 4) is 5.75 Å². The molecule has 2 nitrogen and oxygen atoms in total. The van der Waals surface area contributed by atoms with Crippen LogP contribution >= 0.6 is 0 Å². The number of rotatable bonds is 3. The van der Waals surface area contributed by atoms with Crippen LogP contribution in [0.5, 0.6) is 5.75 Å². The molecule has 0 aliphatic heterocycles. The lowest BCUT2D eigenvalue weighted by molar-refractivity contribution is 0.0681. The Hall–Kier alpha value is -1.09. The molecule has 0 heterocycles. The van der Waals surface area contributed by atoms with E-state index in [0.29, 0.717) is 11.5 Å². The van der Waals surface area contributed by atoms with E-state index in [4.69, 9.17) is 4.74 Å². The van der Waals surface area contributed by atoms with Crippen LogP contribution in [0.15, 0.2) is 18.2 Å². The van der Waals surface area contributed by atoms with Crippen molar-refractivity contribution in [3.05, 3.63) is 29.6 Å². The molecule has 0 radical (unpaired) electrons. The van der Waals surface area contributed by atoms with Gasteiger partial charge < -0.3 is 9.84 Å². The minimum atomic E-state index is -0.720. The molecule has 1 fully saturated rings. The van der Waals surface area contributed by atoms with Crippen LogP contribution < -0.4 is 4.74 Å². The number of aliphatic hydroxyl groups excluding tert-OH is 1. The Morgan fingerprint density at radius 2 is 2.17 bits per heavy atom. The van der Waals surface area contributed by atoms with Crippen molar-refractivity contribution in [2.24, 2.45) is 11.8 Å². The molecule has 1 aliphatic rings. The quantitative estimate of drug-likeness (QED) is 0.889. The molecule has 100 valence electrons. The van der Waals surface area contributed by atoms with Crippen LogP contribution in [0.25, 0.3) is 0 Å². The molecule has 0 saturated heterocycles. The summed E-state index contributed by atoms with van der Waals surface area (Å²) in [5.74, 6) is 0.559. The van der Waals surface area contributed by atoms with Crippen LogP contribution in [-0.4, -0.2) is 12.2 Å². The SMILES string of the molecule is COc1cccc(C(O)C2CCCC(C)C2)c1F. The lowest BCUT2D eigenvalue weighted by Gasteiger charge is -2.30. The molecule has 1 N–H and O–H groups in total. The summed E-state index contributed by atoms with van der Waals surface area (Å²) in [6.45, 7) is 2.20. The number of halogens is 1. The first-order chi connectivity index (χ1) is 8.63. The van der Waals surface area contributed by atoms with E-state index >= 15 is 0 Å². The van der Waals surface area contributed by atoms with Crippen molar-refractivity contribution in [1.82, 2.24) is 0 Å².